The first kappa shape index (κ1) is 24.1. The number of hydrogen-bond acceptors (Lipinski definition) is 8. The molecule has 1 aromatic carbocycles. The number of carbonyl (C=O) groups is 3. The Labute approximate surface area is 156 Å². The molecule has 1 unspecified atom stereocenters. The Kier molecular flexibility index (Phi) is 11.9. The summed E-state index contributed by atoms with van der Waals surface area (Å²) in [6.45, 7) is 6.88. The molecular weight excluding hydrogens is 360 g/mol. The lowest BCUT2D eigenvalue weighted by atomic mass is 10.1. The molecule has 0 saturated carbocycles. The lowest BCUT2D eigenvalue weighted by Gasteiger charge is -2.10. The second-order valence-corrected chi connectivity index (χ2v) is 5.08. The molecule has 0 radical (unpaired) electrons. The minimum atomic E-state index is -1.38. The molecule has 0 amide bonds. The van der Waals surface area contributed by atoms with Crippen LogP contribution in [0.4, 0.5) is 0 Å². The monoisotopic (exact) mass is 384 g/mol. The zero-order valence-corrected chi connectivity index (χ0v) is 15.2. The van der Waals surface area contributed by atoms with Gasteiger partial charge >= 0.3 is 17.9 Å². The van der Waals surface area contributed by atoms with Crippen LogP contribution < -0.4 is 0 Å². The van der Waals surface area contributed by atoms with Crippen LogP contribution in [0.2, 0.25) is 0 Å². The Hall–Kier alpha value is -2.91. The third-order valence-corrected chi connectivity index (χ3v) is 2.73. The molecule has 0 saturated heterocycles. The van der Waals surface area contributed by atoms with Gasteiger partial charge in [0, 0.05) is 6.61 Å². The number of aliphatic hydroxyl groups excluding tert-OH is 2. The molecule has 0 aliphatic rings. The van der Waals surface area contributed by atoms with Gasteiger partial charge in [-0.15, -0.1) is 0 Å². The van der Waals surface area contributed by atoms with Gasteiger partial charge in [0.15, 0.2) is 5.76 Å². The molecule has 0 heterocycles. The molecule has 1 aromatic rings. The summed E-state index contributed by atoms with van der Waals surface area (Å²) in [5.74, 6) is -3.49. The van der Waals surface area contributed by atoms with Gasteiger partial charge in [0.25, 0.3) is 0 Å². The summed E-state index contributed by atoms with van der Waals surface area (Å²) in [5, 5.41) is 24.6. The summed E-state index contributed by atoms with van der Waals surface area (Å²) in [4.78, 5) is 33.2. The number of aliphatic carboxylic acids is 1. The van der Waals surface area contributed by atoms with Crippen molar-refractivity contribution in [2.24, 2.45) is 0 Å². The largest absolute Gasteiger partial charge is 0.502 e. The van der Waals surface area contributed by atoms with Crippen LogP contribution in [0.25, 0.3) is 0 Å². The third-order valence-electron chi connectivity index (χ3n) is 2.73. The average molecular weight is 384 g/mol. The van der Waals surface area contributed by atoms with Crippen LogP contribution in [0.15, 0.2) is 36.6 Å². The Balaban J connectivity index is 0.000000972. The van der Waals surface area contributed by atoms with Gasteiger partial charge < -0.3 is 29.5 Å². The molecule has 0 spiro atoms. The van der Waals surface area contributed by atoms with Gasteiger partial charge in [-0.2, -0.15) is 0 Å². The predicted octanol–water partition coefficient (Wildman–Crippen LogP) is 1.56. The molecule has 0 aliphatic carbocycles. The lowest BCUT2D eigenvalue weighted by molar-refractivity contribution is -0.135. The van der Waals surface area contributed by atoms with Crippen molar-refractivity contribution < 1.29 is 43.9 Å². The topological polar surface area (TPSA) is 140 Å². The highest BCUT2D eigenvalue weighted by Crippen LogP contribution is 2.12. The number of aliphatic hydroxyl groups is 2. The summed E-state index contributed by atoms with van der Waals surface area (Å²) < 4.78 is 15.0. The number of carboxylic acids is 1. The highest BCUT2D eigenvalue weighted by atomic mass is 16.6. The highest BCUT2D eigenvalue weighted by Gasteiger charge is 2.19. The van der Waals surface area contributed by atoms with E-state index in [1.165, 1.54) is 19.1 Å². The van der Waals surface area contributed by atoms with E-state index < -0.39 is 29.8 Å². The van der Waals surface area contributed by atoms with E-state index in [1.807, 2.05) is 6.92 Å². The van der Waals surface area contributed by atoms with E-state index in [2.05, 4.69) is 6.58 Å². The number of esters is 2. The second-order valence-electron chi connectivity index (χ2n) is 5.08. The summed E-state index contributed by atoms with van der Waals surface area (Å²) in [7, 11) is 0. The number of carboxylic acid groups (broad SMARTS) is 1. The molecule has 0 bridgehead atoms. The molecule has 0 aromatic heterocycles. The Morgan fingerprint density at radius 2 is 1.52 bits per heavy atom. The molecule has 1 atom stereocenters. The first-order chi connectivity index (χ1) is 12.7. The molecular formula is C18H24O9. The number of benzene rings is 1. The molecule has 0 aliphatic heterocycles. The second kappa shape index (κ2) is 13.3. The van der Waals surface area contributed by atoms with E-state index in [4.69, 9.17) is 29.5 Å². The summed E-state index contributed by atoms with van der Waals surface area (Å²) >= 11 is 0. The standard InChI is InChI=1S/C15H20O6.C3H4O3/c1-3-19-8-9-20-14(17)12-6-4-5-7-13(12)15(18)21-10-11(2)16;1-2(4)3(5)6/h4-7,11,16H,3,8-10H2,1-2H3;4H,1H2,(H,5,6). The molecule has 0 fully saturated rings. The maximum absolute atomic E-state index is 11.9. The number of carbonyl (C=O) groups excluding carboxylic acids is 2. The van der Waals surface area contributed by atoms with E-state index in [9.17, 15) is 14.4 Å². The quantitative estimate of drug-likeness (QED) is 0.250. The normalized spacial score (nSPS) is 10.8. The maximum atomic E-state index is 11.9. The van der Waals surface area contributed by atoms with E-state index in [0.717, 1.165) is 0 Å². The van der Waals surface area contributed by atoms with Crippen LogP contribution in [-0.2, 0) is 19.0 Å². The van der Waals surface area contributed by atoms with E-state index in [0.29, 0.717) is 13.2 Å². The number of hydrogen-bond donors (Lipinski definition) is 3. The summed E-state index contributed by atoms with van der Waals surface area (Å²) in [6.07, 6.45) is -0.765. The number of rotatable bonds is 9. The number of ether oxygens (including phenoxy) is 3. The van der Waals surface area contributed by atoms with Crippen molar-refractivity contribution >= 4 is 17.9 Å². The maximum Gasteiger partial charge on any atom is 0.370 e. The van der Waals surface area contributed by atoms with Crippen LogP contribution in [-0.4, -0.2) is 65.8 Å². The fraction of sp³-hybridized carbons (Fsp3) is 0.389. The van der Waals surface area contributed by atoms with Crippen molar-refractivity contribution in [1.29, 1.82) is 0 Å². The third kappa shape index (κ3) is 10.6. The zero-order chi connectivity index (χ0) is 20.8. The Morgan fingerprint density at radius 1 is 1.04 bits per heavy atom. The van der Waals surface area contributed by atoms with Gasteiger partial charge in [-0.1, -0.05) is 12.1 Å². The SMILES string of the molecule is C=C(O)C(=O)O.CCOCCOC(=O)c1ccccc1C(=O)OCC(C)O. The van der Waals surface area contributed by atoms with Crippen LogP contribution in [0.3, 0.4) is 0 Å². The summed E-state index contributed by atoms with van der Waals surface area (Å²) in [6, 6.07) is 6.21. The van der Waals surface area contributed by atoms with Gasteiger partial charge in [0.2, 0.25) is 0 Å². The van der Waals surface area contributed by atoms with Crippen molar-refractivity contribution in [2.75, 3.05) is 26.4 Å². The Bertz CT molecular complexity index is 625. The van der Waals surface area contributed by atoms with Crippen molar-refractivity contribution in [1.82, 2.24) is 0 Å². The fourth-order valence-corrected chi connectivity index (χ4v) is 1.53. The molecule has 1 rings (SSSR count). The van der Waals surface area contributed by atoms with Crippen LogP contribution in [0, 0.1) is 0 Å². The van der Waals surface area contributed by atoms with Crippen LogP contribution in [0.5, 0.6) is 0 Å². The van der Waals surface area contributed by atoms with Gasteiger partial charge in [-0.25, -0.2) is 14.4 Å². The van der Waals surface area contributed by atoms with Crippen molar-refractivity contribution in [3.63, 3.8) is 0 Å². The highest BCUT2D eigenvalue weighted by molar-refractivity contribution is 6.03. The first-order valence-corrected chi connectivity index (χ1v) is 8.00. The van der Waals surface area contributed by atoms with Crippen molar-refractivity contribution in [2.45, 2.75) is 20.0 Å². The molecule has 9 heteroatoms. The minimum Gasteiger partial charge on any atom is -0.502 e. The molecule has 150 valence electrons. The van der Waals surface area contributed by atoms with Gasteiger partial charge in [0.05, 0.1) is 23.8 Å². The molecule has 3 N–H and O–H groups in total. The van der Waals surface area contributed by atoms with Crippen molar-refractivity contribution in [3.8, 4) is 0 Å². The van der Waals surface area contributed by atoms with Gasteiger partial charge in [0.1, 0.15) is 13.2 Å². The minimum absolute atomic E-state index is 0.111. The van der Waals surface area contributed by atoms with Crippen LogP contribution >= 0.6 is 0 Å². The average Bonchev–Trinajstić information content (AvgIpc) is 2.63. The van der Waals surface area contributed by atoms with Gasteiger partial charge in [-0.05, 0) is 32.6 Å². The first-order valence-electron chi connectivity index (χ1n) is 8.00. The molecule has 27 heavy (non-hydrogen) atoms. The Morgan fingerprint density at radius 3 is 1.93 bits per heavy atom. The van der Waals surface area contributed by atoms with Crippen LogP contribution in [0.1, 0.15) is 34.6 Å². The summed E-state index contributed by atoms with van der Waals surface area (Å²) in [5.41, 5.74) is 0.240. The van der Waals surface area contributed by atoms with Gasteiger partial charge in [-0.3, -0.25) is 0 Å². The van der Waals surface area contributed by atoms with E-state index in [-0.39, 0.29) is 24.3 Å². The fourth-order valence-electron chi connectivity index (χ4n) is 1.53. The van der Waals surface area contributed by atoms with E-state index in [1.54, 1.807) is 12.1 Å². The predicted molar refractivity (Wildman–Crippen MR) is 94.6 cm³/mol. The lowest BCUT2D eigenvalue weighted by Crippen LogP contribution is -2.19. The zero-order valence-electron chi connectivity index (χ0n) is 15.2. The smallest absolute Gasteiger partial charge is 0.370 e. The van der Waals surface area contributed by atoms with E-state index >= 15 is 0 Å². The van der Waals surface area contributed by atoms with Crippen molar-refractivity contribution in [3.05, 3.63) is 47.7 Å². The molecule has 9 nitrogen and oxygen atoms in total.